The Morgan fingerprint density at radius 2 is 2.33 bits per heavy atom. The van der Waals surface area contributed by atoms with Gasteiger partial charge in [0.05, 0.1) is 6.10 Å². The summed E-state index contributed by atoms with van der Waals surface area (Å²) in [7, 11) is 0. The molecule has 0 saturated carbocycles. The van der Waals surface area contributed by atoms with Gasteiger partial charge in [-0.05, 0) is 31.5 Å². The maximum absolute atomic E-state index is 9.66. The highest BCUT2D eigenvalue weighted by atomic mass is 79.9. The number of thioether (sulfide) groups is 1. The maximum Gasteiger partial charge on any atom is 0.0670 e. The standard InChI is InChI=1S/C12H15BrOS/c1-9(2)6-11(14)8-15-12-5-3-4-10(13)7-12/h3-5,7,11,14H,1,6,8H2,2H3. The van der Waals surface area contributed by atoms with E-state index in [1.54, 1.807) is 11.8 Å². The summed E-state index contributed by atoms with van der Waals surface area (Å²) in [6.45, 7) is 5.72. The van der Waals surface area contributed by atoms with Crippen molar-refractivity contribution < 1.29 is 5.11 Å². The fourth-order valence-electron chi connectivity index (χ4n) is 1.21. The van der Waals surface area contributed by atoms with Gasteiger partial charge in [0.1, 0.15) is 0 Å². The normalized spacial score (nSPS) is 12.5. The third-order valence-corrected chi connectivity index (χ3v) is 3.45. The summed E-state index contributed by atoms with van der Waals surface area (Å²) in [5.41, 5.74) is 1.03. The Morgan fingerprint density at radius 1 is 1.60 bits per heavy atom. The van der Waals surface area contributed by atoms with E-state index in [1.165, 1.54) is 4.90 Å². The summed E-state index contributed by atoms with van der Waals surface area (Å²) < 4.78 is 1.07. The molecule has 82 valence electrons. The van der Waals surface area contributed by atoms with Crippen molar-refractivity contribution >= 4 is 27.7 Å². The van der Waals surface area contributed by atoms with Crippen molar-refractivity contribution in [3.63, 3.8) is 0 Å². The lowest BCUT2D eigenvalue weighted by Crippen LogP contribution is -2.09. The summed E-state index contributed by atoms with van der Waals surface area (Å²) in [5, 5.41) is 9.66. The minimum absolute atomic E-state index is 0.300. The van der Waals surface area contributed by atoms with Crippen molar-refractivity contribution in [3.8, 4) is 0 Å². The molecule has 0 spiro atoms. The van der Waals surface area contributed by atoms with Crippen molar-refractivity contribution in [2.24, 2.45) is 0 Å². The average molecular weight is 287 g/mol. The van der Waals surface area contributed by atoms with Crippen LogP contribution in [0, 0.1) is 0 Å². The van der Waals surface area contributed by atoms with Gasteiger partial charge in [0.15, 0.2) is 0 Å². The molecule has 0 aromatic heterocycles. The Kier molecular flexibility index (Phi) is 5.43. The molecule has 0 heterocycles. The molecule has 0 fully saturated rings. The SMILES string of the molecule is C=C(C)CC(O)CSc1cccc(Br)c1. The van der Waals surface area contributed by atoms with Gasteiger partial charge in [0.25, 0.3) is 0 Å². The Labute approximate surface area is 104 Å². The molecule has 1 rings (SSSR count). The van der Waals surface area contributed by atoms with Crippen LogP contribution in [0.1, 0.15) is 13.3 Å². The molecule has 0 bridgehead atoms. The van der Waals surface area contributed by atoms with E-state index in [4.69, 9.17) is 0 Å². The van der Waals surface area contributed by atoms with Crippen LogP contribution >= 0.6 is 27.7 Å². The fourth-order valence-corrected chi connectivity index (χ4v) is 2.65. The minimum atomic E-state index is -0.300. The van der Waals surface area contributed by atoms with Crippen LogP contribution in [0.3, 0.4) is 0 Å². The molecule has 0 saturated heterocycles. The largest absolute Gasteiger partial charge is 0.392 e. The Balaban J connectivity index is 2.40. The number of hydrogen-bond acceptors (Lipinski definition) is 2. The van der Waals surface area contributed by atoms with Crippen molar-refractivity contribution in [1.82, 2.24) is 0 Å². The number of rotatable bonds is 5. The Bertz CT molecular complexity index is 338. The molecule has 1 nitrogen and oxygen atoms in total. The number of aliphatic hydroxyl groups is 1. The van der Waals surface area contributed by atoms with Crippen LogP contribution in [0.25, 0.3) is 0 Å². The summed E-state index contributed by atoms with van der Waals surface area (Å²) in [4.78, 5) is 1.17. The van der Waals surface area contributed by atoms with Crippen LogP contribution in [-0.2, 0) is 0 Å². The van der Waals surface area contributed by atoms with Crippen LogP contribution in [0.4, 0.5) is 0 Å². The number of benzene rings is 1. The Morgan fingerprint density at radius 3 is 2.93 bits per heavy atom. The second kappa shape index (κ2) is 6.36. The number of hydrogen-bond donors (Lipinski definition) is 1. The highest BCUT2D eigenvalue weighted by molar-refractivity contribution is 9.10. The molecule has 0 aliphatic carbocycles. The van der Waals surface area contributed by atoms with Gasteiger partial charge in [-0.3, -0.25) is 0 Å². The van der Waals surface area contributed by atoms with Crippen molar-refractivity contribution in [2.75, 3.05) is 5.75 Å². The highest BCUT2D eigenvalue weighted by Gasteiger charge is 2.05. The third-order valence-electron chi connectivity index (χ3n) is 1.82. The molecule has 15 heavy (non-hydrogen) atoms. The lowest BCUT2D eigenvalue weighted by molar-refractivity contribution is 0.200. The van der Waals surface area contributed by atoms with Gasteiger partial charge in [-0.2, -0.15) is 0 Å². The zero-order valence-electron chi connectivity index (χ0n) is 8.74. The monoisotopic (exact) mass is 286 g/mol. The first-order chi connectivity index (χ1) is 7.08. The van der Waals surface area contributed by atoms with Crippen molar-refractivity contribution in [2.45, 2.75) is 24.3 Å². The molecule has 1 atom stereocenters. The van der Waals surface area contributed by atoms with E-state index >= 15 is 0 Å². The molecule has 0 aliphatic rings. The van der Waals surface area contributed by atoms with Crippen LogP contribution < -0.4 is 0 Å². The van der Waals surface area contributed by atoms with E-state index in [-0.39, 0.29) is 6.10 Å². The molecular weight excluding hydrogens is 272 g/mol. The van der Waals surface area contributed by atoms with Gasteiger partial charge in [-0.25, -0.2) is 0 Å². The van der Waals surface area contributed by atoms with Crippen molar-refractivity contribution in [3.05, 3.63) is 40.9 Å². The predicted octanol–water partition coefficient (Wildman–Crippen LogP) is 3.87. The van der Waals surface area contributed by atoms with Crippen LogP contribution in [0.2, 0.25) is 0 Å². The molecule has 1 N–H and O–H groups in total. The minimum Gasteiger partial charge on any atom is -0.392 e. The van der Waals surface area contributed by atoms with Crippen LogP contribution in [0.15, 0.2) is 45.8 Å². The van der Waals surface area contributed by atoms with Gasteiger partial charge in [0, 0.05) is 15.1 Å². The predicted molar refractivity (Wildman–Crippen MR) is 70.3 cm³/mol. The smallest absolute Gasteiger partial charge is 0.0670 e. The second-order valence-electron chi connectivity index (χ2n) is 3.58. The fraction of sp³-hybridized carbons (Fsp3) is 0.333. The summed E-state index contributed by atoms with van der Waals surface area (Å²) >= 11 is 5.08. The molecule has 1 aromatic rings. The number of halogens is 1. The summed E-state index contributed by atoms with van der Waals surface area (Å²) in [5.74, 6) is 0.712. The molecule has 0 amide bonds. The van der Waals surface area contributed by atoms with E-state index in [2.05, 4.69) is 28.6 Å². The van der Waals surface area contributed by atoms with Crippen LogP contribution in [-0.4, -0.2) is 17.0 Å². The quantitative estimate of drug-likeness (QED) is 0.655. The Hall–Kier alpha value is -0.250. The first-order valence-corrected chi connectivity index (χ1v) is 6.56. The van der Waals surface area contributed by atoms with Gasteiger partial charge >= 0.3 is 0 Å². The van der Waals surface area contributed by atoms with E-state index < -0.39 is 0 Å². The third kappa shape index (κ3) is 5.40. The molecular formula is C12H15BrOS. The second-order valence-corrected chi connectivity index (χ2v) is 5.59. The highest BCUT2D eigenvalue weighted by Crippen LogP contribution is 2.23. The summed E-state index contributed by atoms with van der Waals surface area (Å²) in [6.07, 6.45) is 0.382. The zero-order chi connectivity index (χ0) is 11.3. The molecule has 0 aliphatic heterocycles. The zero-order valence-corrected chi connectivity index (χ0v) is 11.1. The molecule has 3 heteroatoms. The van der Waals surface area contributed by atoms with Gasteiger partial charge < -0.3 is 5.11 Å². The van der Waals surface area contributed by atoms with Gasteiger partial charge in [-0.1, -0.05) is 27.6 Å². The van der Waals surface area contributed by atoms with Crippen LogP contribution in [0.5, 0.6) is 0 Å². The first-order valence-electron chi connectivity index (χ1n) is 4.78. The molecule has 0 radical (unpaired) electrons. The van der Waals surface area contributed by atoms with E-state index in [0.717, 1.165) is 10.0 Å². The van der Waals surface area contributed by atoms with E-state index in [0.29, 0.717) is 12.2 Å². The summed E-state index contributed by atoms with van der Waals surface area (Å²) in [6, 6.07) is 8.09. The number of aliphatic hydroxyl groups excluding tert-OH is 1. The van der Waals surface area contributed by atoms with Crippen molar-refractivity contribution in [1.29, 1.82) is 0 Å². The topological polar surface area (TPSA) is 20.2 Å². The first kappa shape index (κ1) is 12.8. The van der Waals surface area contributed by atoms with Gasteiger partial charge in [-0.15, -0.1) is 18.3 Å². The maximum atomic E-state index is 9.66. The van der Waals surface area contributed by atoms with Gasteiger partial charge in [0.2, 0.25) is 0 Å². The molecule has 1 aromatic carbocycles. The lowest BCUT2D eigenvalue weighted by atomic mass is 10.2. The lowest BCUT2D eigenvalue weighted by Gasteiger charge is -2.09. The average Bonchev–Trinajstić information content (AvgIpc) is 2.14. The molecule has 1 unspecified atom stereocenters. The van der Waals surface area contributed by atoms with E-state index in [1.807, 2.05) is 25.1 Å². The van der Waals surface area contributed by atoms with E-state index in [9.17, 15) is 5.11 Å².